The van der Waals surface area contributed by atoms with Crippen molar-refractivity contribution < 1.29 is 0 Å². The van der Waals surface area contributed by atoms with Crippen molar-refractivity contribution in [2.45, 2.75) is 66.3 Å². The molecule has 1 fully saturated rings. The van der Waals surface area contributed by atoms with Gasteiger partial charge < -0.3 is 10.6 Å². The first-order valence-corrected chi connectivity index (χ1v) is 7.24. The predicted octanol–water partition coefficient (Wildman–Crippen LogP) is 3.26. The molecule has 0 atom stereocenters. The zero-order valence-corrected chi connectivity index (χ0v) is 12.6. The second-order valence-corrected chi connectivity index (χ2v) is 7.33. The number of hydrogen-bond donors (Lipinski definition) is 1. The van der Waals surface area contributed by atoms with E-state index in [9.17, 15) is 0 Å². The van der Waals surface area contributed by atoms with Gasteiger partial charge in [0, 0.05) is 12.6 Å². The van der Waals surface area contributed by atoms with Gasteiger partial charge in [0.2, 0.25) is 0 Å². The molecule has 0 spiro atoms. The maximum atomic E-state index is 5.86. The molecule has 0 saturated heterocycles. The van der Waals surface area contributed by atoms with Crippen molar-refractivity contribution in [3.63, 3.8) is 0 Å². The summed E-state index contributed by atoms with van der Waals surface area (Å²) in [5.74, 6) is 0. The van der Waals surface area contributed by atoms with Gasteiger partial charge in [-0.25, -0.2) is 0 Å². The molecular formula is C15H32N2. The molecular weight excluding hydrogens is 208 g/mol. The van der Waals surface area contributed by atoms with Crippen LogP contribution >= 0.6 is 0 Å². The van der Waals surface area contributed by atoms with E-state index in [4.69, 9.17) is 5.73 Å². The van der Waals surface area contributed by atoms with Crippen LogP contribution in [0.5, 0.6) is 0 Å². The SMILES string of the molecule is CCN(CC(C)(C)CN)C1CCC(C)(C)CC1. The Morgan fingerprint density at radius 2 is 1.76 bits per heavy atom. The smallest absolute Gasteiger partial charge is 0.00957 e. The molecule has 0 amide bonds. The van der Waals surface area contributed by atoms with Crippen molar-refractivity contribution in [3.05, 3.63) is 0 Å². The minimum Gasteiger partial charge on any atom is -0.330 e. The highest BCUT2D eigenvalue weighted by Gasteiger charge is 2.31. The van der Waals surface area contributed by atoms with Gasteiger partial charge in [-0.3, -0.25) is 0 Å². The largest absolute Gasteiger partial charge is 0.330 e. The second-order valence-electron chi connectivity index (χ2n) is 7.33. The van der Waals surface area contributed by atoms with Crippen LogP contribution in [-0.4, -0.2) is 30.6 Å². The molecule has 0 aromatic carbocycles. The standard InChI is InChI=1S/C15H32N2/c1-6-17(12-15(4,5)11-16)13-7-9-14(2,3)10-8-13/h13H,6-12,16H2,1-5H3. The van der Waals surface area contributed by atoms with E-state index in [1.165, 1.54) is 25.7 Å². The van der Waals surface area contributed by atoms with Gasteiger partial charge in [-0.15, -0.1) is 0 Å². The van der Waals surface area contributed by atoms with Crippen LogP contribution in [0.4, 0.5) is 0 Å². The van der Waals surface area contributed by atoms with Gasteiger partial charge in [-0.2, -0.15) is 0 Å². The first-order chi connectivity index (χ1) is 7.79. The zero-order chi connectivity index (χ0) is 13.1. The lowest BCUT2D eigenvalue weighted by molar-refractivity contribution is 0.0805. The lowest BCUT2D eigenvalue weighted by Crippen LogP contribution is -2.46. The molecule has 2 nitrogen and oxygen atoms in total. The van der Waals surface area contributed by atoms with E-state index >= 15 is 0 Å². The number of nitrogens with zero attached hydrogens (tertiary/aromatic N) is 1. The maximum absolute atomic E-state index is 5.86. The summed E-state index contributed by atoms with van der Waals surface area (Å²) in [5.41, 5.74) is 6.68. The molecule has 0 radical (unpaired) electrons. The third kappa shape index (κ3) is 4.59. The van der Waals surface area contributed by atoms with E-state index in [-0.39, 0.29) is 5.41 Å². The summed E-state index contributed by atoms with van der Waals surface area (Å²) in [4.78, 5) is 2.65. The molecule has 1 aliphatic rings. The minimum atomic E-state index is 0.253. The molecule has 0 aromatic heterocycles. The molecule has 0 aliphatic heterocycles. The van der Waals surface area contributed by atoms with Gasteiger partial charge in [0.25, 0.3) is 0 Å². The third-order valence-corrected chi connectivity index (χ3v) is 4.41. The summed E-state index contributed by atoms with van der Waals surface area (Å²) < 4.78 is 0. The maximum Gasteiger partial charge on any atom is 0.00957 e. The highest BCUT2D eigenvalue weighted by atomic mass is 15.2. The van der Waals surface area contributed by atoms with Crippen molar-refractivity contribution >= 4 is 0 Å². The number of rotatable bonds is 5. The number of nitrogens with two attached hydrogens (primary N) is 1. The fourth-order valence-corrected chi connectivity index (χ4v) is 2.86. The van der Waals surface area contributed by atoms with Crippen molar-refractivity contribution in [1.29, 1.82) is 0 Å². The normalized spacial score (nSPS) is 22.1. The third-order valence-electron chi connectivity index (χ3n) is 4.41. The Balaban J connectivity index is 2.52. The average molecular weight is 240 g/mol. The molecule has 17 heavy (non-hydrogen) atoms. The molecule has 2 N–H and O–H groups in total. The zero-order valence-electron chi connectivity index (χ0n) is 12.6. The molecule has 102 valence electrons. The molecule has 0 unspecified atom stereocenters. The van der Waals surface area contributed by atoms with Gasteiger partial charge in [0.15, 0.2) is 0 Å². The highest BCUT2D eigenvalue weighted by molar-refractivity contribution is 4.86. The van der Waals surface area contributed by atoms with E-state index in [1.54, 1.807) is 0 Å². The van der Waals surface area contributed by atoms with Crippen molar-refractivity contribution in [1.82, 2.24) is 4.90 Å². The van der Waals surface area contributed by atoms with Crippen LogP contribution in [0, 0.1) is 10.8 Å². The van der Waals surface area contributed by atoms with E-state index < -0.39 is 0 Å². The lowest BCUT2D eigenvalue weighted by atomic mass is 9.75. The van der Waals surface area contributed by atoms with Crippen molar-refractivity contribution in [2.24, 2.45) is 16.6 Å². The molecule has 0 heterocycles. The summed E-state index contributed by atoms with van der Waals surface area (Å²) in [6.45, 7) is 14.7. The van der Waals surface area contributed by atoms with E-state index in [0.29, 0.717) is 5.41 Å². The summed E-state index contributed by atoms with van der Waals surface area (Å²) in [6, 6.07) is 0.791. The summed E-state index contributed by atoms with van der Waals surface area (Å²) in [6.07, 6.45) is 5.47. The summed E-state index contributed by atoms with van der Waals surface area (Å²) in [5, 5.41) is 0. The predicted molar refractivity (Wildman–Crippen MR) is 76.1 cm³/mol. The van der Waals surface area contributed by atoms with Crippen LogP contribution in [0.2, 0.25) is 0 Å². The van der Waals surface area contributed by atoms with E-state index in [1.807, 2.05) is 0 Å². The van der Waals surface area contributed by atoms with Crippen LogP contribution < -0.4 is 5.73 Å². The van der Waals surface area contributed by atoms with Crippen molar-refractivity contribution in [3.8, 4) is 0 Å². The summed E-state index contributed by atoms with van der Waals surface area (Å²) >= 11 is 0. The Bertz CT molecular complexity index is 223. The minimum absolute atomic E-state index is 0.253. The van der Waals surface area contributed by atoms with Crippen LogP contribution in [0.15, 0.2) is 0 Å². The second kappa shape index (κ2) is 5.71. The lowest BCUT2D eigenvalue weighted by Gasteiger charge is -2.42. The first kappa shape index (κ1) is 15.0. The topological polar surface area (TPSA) is 29.3 Å². The fraction of sp³-hybridized carbons (Fsp3) is 1.00. The Labute approximate surface area is 108 Å². The van der Waals surface area contributed by atoms with Gasteiger partial charge in [0.1, 0.15) is 0 Å². The van der Waals surface area contributed by atoms with E-state index in [0.717, 1.165) is 25.7 Å². The fourth-order valence-electron chi connectivity index (χ4n) is 2.86. The Morgan fingerprint density at radius 3 is 2.18 bits per heavy atom. The van der Waals surface area contributed by atoms with Crippen LogP contribution in [0.3, 0.4) is 0 Å². The molecule has 0 aromatic rings. The van der Waals surface area contributed by atoms with Gasteiger partial charge in [-0.05, 0) is 49.6 Å². The first-order valence-electron chi connectivity index (χ1n) is 7.24. The Kier molecular flexibility index (Phi) is 5.03. The molecule has 1 saturated carbocycles. The quantitative estimate of drug-likeness (QED) is 0.799. The van der Waals surface area contributed by atoms with Crippen LogP contribution in [0.25, 0.3) is 0 Å². The molecule has 0 bridgehead atoms. The van der Waals surface area contributed by atoms with Gasteiger partial charge in [-0.1, -0.05) is 34.6 Å². The Morgan fingerprint density at radius 1 is 1.24 bits per heavy atom. The monoisotopic (exact) mass is 240 g/mol. The molecule has 1 aliphatic carbocycles. The van der Waals surface area contributed by atoms with Crippen molar-refractivity contribution in [2.75, 3.05) is 19.6 Å². The number of hydrogen-bond acceptors (Lipinski definition) is 2. The molecule has 2 heteroatoms. The summed E-state index contributed by atoms with van der Waals surface area (Å²) in [7, 11) is 0. The van der Waals surface area contributed by atoms with Gasteiger partial charge in [0.05, 0.1) is 0 Å². The van der Waals surface area contributed by atoms with E-state index in [2.05, 4.69) is 39.5 Å². The highest BCUT2D eigenvalue weighted by Crippen LogP contribution is 2.37. The van der Waals surface area contributed by atoms with Crippen LogP contribution in [-0.2, 0) is 0 Å². The van der Waals surface area contributed by atoms with Crippen LogP contribution in [0.1, 0.15) is 60.3 Å². The molecule has 1 rings (SSSR count). The average Bonchev–Trinajstić information content (AvgIpc) is 2.26. The van der Waals surface area contributed by atoms with Gasteiger partial charge >= 0.3 is 0 Å². The Hall–Kier alpha value is -0.0800.